The molecule has 0 aromatic rings. The first-order chi connectivity index (χ1) is 2.41. The molecule has 0 amide bonds. The van der Waals surface area contributed by atoms with Crippen LogP contribution in [0.1, 0.15) is 1.43 Å². The Morgan fingerprint density at radius 2 is 1.67 bits per heavy atom. The van der Waals surface area contributed by atoms with Crippen molar-refractivity contribution in [1.82, 2.24) is 5.32 Å². The maximum Gasteiger partial charge on any atom is 1.00 e. The van der Waals surface area contributed by atoms with E-state index in [1.807, 2.05) is 0 Å². The fourth-order valence-electron chi connectivity index (χ4n) is 0.0833. The molecule has 0 heterocycles. The molecule has 0 rings (SSSR count). The first kappa shape index (κ1) is 9.56. The molecule has 0 aromatic heterocycles. The van der Waals surface area contributed by atoms with Crippen LogP contribution in [0.15, 0.2) is 25.6 Å². The first-order valence-electron chi connectivity index (χ1n) is 1.39. The zero-order chi connectivity index (χ0) is 4.12. The van der Waals surface area contributed by atoms with Crippen molar-refractivity contribution in [2.45, 2.75) is 0 Å². The van der Waals surface area contributed by atoms with E-state index in [-0.39, 0.29) is 31.0 Å². The molecule has 0 radical (unpaired) electrons. The second-order valence-electron chi connectivity index (χ2n) is 0.575. The Morgan fingerprint density at radius 3 is 1.67 bits per heavy atom. The fourth-order valence-corrected chi connectivity index (χ4v) is 0.0833. The minimum atomic E-state index is 0. The van der Waals surface area contributed by atoms with Gasteiger partial charge in [0.15, 0.2) is 0 Å². The molecular formula is C4H8NNa. The summed E-state index contributed by atoms with van der Waals surface area (Å²) >= 11 is 0. The van der Waals surface area contributed by atoms with Gasteiger partial charge >= 0.3 is 29.6 Å². The molecule has 0 aliphatic rings. The molecule has 0 saturated carbocycles. The monoisotopic (exact) mass is 93.1 g/mol. The molecule has 0 aliphatic heterocycles. The van der Waals surface area contributed by atoms with Gasteiger partial charge < -0.3 is 6.74 Å². The molecule has 0 aliphatic carbocycles. The summed E-state index contributed by atoms with van der Waals surface area (Å²) in [5, 5.41) is 2.64. The summed E-state index contributed by atoms with van der Waals surface area (Å²) in [5.41, 5.74) is 0. The van der Waals surface area contributed by atoms with E-state index in [1.165, 1.54) is 0 Å². The molecule has 0 unspecified atom stereocenters. The number of hydrogen-bond donors (Lipinski definition) is 1. The molecule has 0 fully saturated rings. The van der Waals surface area contributed by atoms with Gasteiger partial charge in [0.2, 0.25) is 0 Å². The van der Waals surface area contributed by atoms with Gasteiger partial charge in [-0.2, -0.15) is 0 Å². The molecule has 0 bridgehead atoms. The molecule has 1 nitrogen and oxygen atoms in total. The van der Waals surface area contributed by atoms with Crippen LogP contribution in [0.4, 0.5) is 0 Å². The van der Waals surface area contributed by atoms with Gasteiger partial charge in [0.05, 0.1) is 0 Å². The minimum Gasteiger partial charge on any atom is -1.00 e. The summed E-state index contributed by atoms with van der Waals surface area (Å²) in [6.45, 7) is 6.74. The predicted octanol–water partition coefficient (Wildman–Crippen LogP) is -2.02. The third-order valence-electron chi connectivity index (χ3n) is 0.236. The van der Waals surface area contributed by atoms with Gasteiger partial charge in [-0.05, 0) is 12.4 Å². The van der Waals surface area contributed by atoms with E-state index >= 15 is 0 Å². The summed E-state index contributed by atoms with van der Waals surface area (Å²) in [7, 11) is 0. The van der Waals surface area contributed by atoms with Crippen LogP contribution in [-0.4, -0.2) is 0 Å². The molecule has 30 valence electrons. The third kappa shape index (κ3) is 8.86. The number of nitrogens with one attached hydrogen (secondary N) is 1. The molecule has 6 heavy (non-hydrogen) atoms. The topological polar surface area (TPSA) is 12.0 Å². The van der Waals surface area contributed by atoms with E-state index < -0.39 is 0 Å². The molecule has 0 atom stereocenters. The van der Waals surface area contributed by atoms with E-state index in [0.29, 0.717) is 0 Å². The Kier molecular flexibility index (Phi) is 14.3. The summed E-state index contributed by atoms with van der Waals surface area (Å²) in [6, 6.07) is 0. The maximum absolute atomic E-state index is 3.37. The van der Waals surface area contributed by atoms with Crippen LogP contribution in [0.25, 0.3) is 0 Å². The van der Waals surface area contributed by atoms with Crippen molar-refractivity contribution in [1.29, 1.82) is 0 Å². The van der Waals surface area contributed by atoms with Crippen molar-refractivity contribution in [3.63, 3.8) is 0 Å². The van der Waals surface area contributed by atoms with Crippen LogP contribution in [0.2, 0.25) is 0 Å². The molecule has 1 N–H and O–H groups in total. The second kappa shape index (κ2) is 8.99. The Hall–Kier alpha value is 0.280. The largest absolute Gasteiger partial charge is 1.00 e. The van der Waals surface area contributed by atoms with Crippen molar-refractivity contribution in [3.05, 3.63) is 25.6 Å². The molecule has 0 aromatic carbocycles. The number of rotatable bonds is 2. The zero-order valence-electron chi connectivity index (χ0n) is 5.07. The first-order valence-corrected chi connectivity index (χ1v) is 1.39. The van der Waals surface area contributed by atoms with Crippen LogP contribution in [-0.2, 0) is 0 Å². The smallest absolute Gasteiger partial charge is 1.00 e. The van der Waals surface area contributed by atoms with E-state index in [2.05, 4.69) is 18.5 Å². The van der Waals surface area contributed by atoms with Gasteiger partial charge in [-0.3, -0.25) is 0 Å². The van der Waals surface area contributed by atoms with Crippen molar-refractivity contribution >= 4 is 0 Å². The third-order valence-corrected chi connectivity index (χ3v) is 0.236. The van der Waals surface area contributed by atoms with Crippen molar-refractivity contribution < 1.29 is 31.0 Å². The van der Waals surface area contributed by atoms with E-state index in [4.69, 9.17) is 0 Å². The second-order valence-corrected chi connectivity index (χ2v) is 0.575. The van der Waals surface area contributed by atoms with Crippen LogP contribution in [0.3, 0.4) is 0 Å². The fraction of sp³-hybridized carbons (Fsp3) is 0. The standard InChI is InChI=1S/C4H7N.Na.H/c1-3-5-4-2;;/h3-5H,1-2H2;;/q;+1;-1. The number of hydrogen-bond acceptors (Lipinski definition) is 1. The zero-order valence-corrected chi connectivity index (χ0v) is 6.07. The van der Waals surface area contributed by atoms with Crippen LogP contribution < -0.4 is 34.9 Å². The van der Waals surface area contributed by atoms with Gasteiger partial charge in [-0.25, -0.2) is 0 Å². The molecular weight excluding hydrogens is 85.0 g/mol. The minimum absolute atomic E-state index is 0. The van der Waals surface area contributed by atoms with E-state index in [1.54, 1.807) is 12.4 Å². The molecule has 2 heteroatoms. The van der Waals surface area contributed by atoms with Crippen LogP contribution >= 0.6 is 0 Å². The van der Waals surface area contributed by atoms with Crippen molar-refractivity contribution in [2.75, 3.05) is 0 Å². The summed E-state index contributed by atoms with van der Waals surface area (Å²) < 4.78 is 0. The summed E-state index contributed by atoms with van der Waals surface area (Å²) in [5.74, 6) is 0. The average Bonchev–Trinajstić information content (AvgIpc) is 1.41. The maximum atomic E-state index is 3.37. The summed E-state index contributed by atoms with van der Waals surface area (Å²) in [4.78, 5) is 0. The van der Waals surface area contributed by atoms with Crippen LogP contribution in [0, 0.1) is 0 Å². The van der Waals surface area contributed by atoms with Crippen molar-refractivity contribution in [2.24, 2.45) is 0 Å². The summed E-state index contributed by atoms with van der Waals surface area (Å²) in [6.07, 6.45) is 3.12. The van der Waals surface area contributed by atoms with Crippen molar-refractivity contribution in [3.8, 4) is 0 Å². The van der Waals surface area contributed by atoms with Crippen LogP contribution in [0.5, 0.6) is 0 Å². The Labute approximate surface area is 61.9 Å². The van der Waals surface area contributed by atoms with E-state index in [0.717, 1.165) is 0 Å². The normalized spacial score (nSPS) is 4.67. The average molecular weight is 93.1 g/mol. The van der Waals surface area contributed by atoms with E-state index in [9.17, 15) is 0 Å². The van der Waals surface area contributed by atoms with Gasteiger partial charge in [-0.1, -0.05) is 13.2 Å². The SMILES string of the molecule is C=CNC=C.[H-].[Na+]. The predicted molar refractivity (Wildman–Crippen MR) is 24.6 cm³/mol. The Morgan fingerprint density at radius 1 is 1.33 bits per heavy atom. The van der Waals surface area contributed by atoms with Gasteiger partial charge in [0.1, 0.15) is 0 Å². The quantitative estimate of drug-likeness (QED) is 0.389. The van der Waals surface area contributed by atoms with Gasteiger partial charge in [-0.15, -0.1) is 0 Å². The molecule has 0 spiro atoms. The Bertz CT molecular complexity index is 41.0. The van der Waals surface area contributed by atoms with Gasteiger partial charge in [0.25, 0.3) is 0 Å². The Balaban J connectivity index is -0.0000000800. The molecule has 0 saturated heterocycles. The van der Waals surface area contributed by atoms with Gasteiger partial charge in [0, 0.05) is 0 Å².